The Bertz CT molecular complexity index is 505. The first-order chi connectivity index (χ1) is 8.33. The van der Waals surface area contributed by atoms with Crippen LogP contribution in [0.3, 0.4) is 0 Å². The second-order valence-electron chi connectivity index (χ2n) is 3.87. The van der Waals surface area contributed by atoms with E-state index in [4.69, 9.17) is 5.73 Å². The molecule has 2 N–H and O–H groups in total. The normalized spacial score (nSPS) is 10.2. The zero-order valence-electron chi connectivity index (χ0n) is 9.60. The highest BCUT2D eigenvalue weighted by molar-refractivity contribution is 6.02. The summed E-state index contributed by atoms with van der Waals surface area (Å²) in [6.07, 6.45) is 0.393. The molecule has 86 valence electrons. The van der Waals surface area contributed by atoms with Gasteiger partial charge in [-0.3, -0.25) is 4.79 Å². The largest absolute Gasteiger partial charge is 0.330 e. The van der Waals surface area contributed by atoms with Crippen LogP contribution in [0, 0.1) is 0 Å². The van der Waals surface area contributed by atoms with Gasteiger partial charge in [-0.2, -0.15) is 0 Å². The predicted octanol–water partition coefficient (Wildman–Crippen LogP) is 2.89. The van der Waals surface area contributed by atoms with Gasteiger partial charge in [0, 0.05) is 12.0 Å². The van der Waals surface area contributed by atoms with Crippen molar-refractivity contribution in [3.8, 4) is 11.1 Å². The van der Waals surface area contributed by atoms with Crippen molar-refractivity contribution in [1.29, 1.82) is 0 Å². The van der Waals surface area contributed by atoms with Crippen molar-refractivity contribution in [2.24, 2.45) is 5.73 Å². The number of Topliss-reactive ketones (excluding diaryl/α,β-unsaturated/α-hetero) is 1. The number of nitrogens with two attached hydrogens (primary N) is 1. The number of rotatable bonds is 4. The first-order valence-electron chi connectivity index (χ1n) is 5.70. The van der Waals surface area contributed by atoms with Crippen molar-refractivity contribution in [3.63, 3.8) is 0 Å². The third-order valence-electron chi connectivity index (χ3n) is 2.68. The van der Waals surface area contributed by atoms with Crippen LogP contribution in [0.25, 0.3) is 11.1 Å². The van der Waals surface area contributed by atoms with Gasteiger partial charge in [-0.05, 0) is 17.7 Å². The molecule has 17 heavy (non-hydrogen) atoms. The molecule has 0 spiro atoms. The quantitative estimate of drug-likeness (QED) is 0.813. The van der Waals surface area contributed by atoms with Crippen molar-refractivity contribution < 1.29 is 4.79 Å². The van der Waals surface area contributed by atoms with E-state index in [-0.39, 0.29) is 5.78 Å². The smallest absolute Gasteiger partial charge is 0.164 e. The lowest BCUT2D eigenvalue weighted by molar-refractivity contribution is 0.0986. The summed E-state index contributed by atoms with van der Waals surface area (Å²) in [4.78, 5) is 12.0. The fourth-order valence-electron chi connectivity index (χ4n) is 1.86. The van der Waals surface area contributed by atoms with Gasteiger partial charge in [0.1, 0.15) is 0 Å². The van der Waals surface area contributed by atoms with Crippen LogP contribution in [0.5, 0.6) is 0 Å². The van der Waals surface area contributed by atoms with Crippen LogP contribution in [-0.2, 0) is 0 Å². The zero-order chi connectivity index (χ0) is 12.1. The maximum absolute atomic E-state index is 12.0. The molecular formula is C15H15NO. The second kappa shape index (κ2) is 5.41. The first-order valence-corrected chi connectivity index (χ1v) is 5.70. The number of benzene rings is 2. The molecule has 0 saturated carbocycles. The molecule has 0 bridgehead atoms. The maximum Gasteiger partial charge on any atom is 0.164 e. The minimum atomic E-state index is 0.104. The third-order valence-corrected chi connectivity index (χ3v) is 2.68. The molecule has 0 aliphatic heterocycles. The molecule has 0 aliphatic rings. The maximum atomic E-state index is 12.0. The molecule has 0 heterocycles. The first kappa shape index (κ1) is 11.6. The molecule has 0 unspecified atom stereocenters. The molecular weight excluding hydrogens is 210 g/mol. The molecule has 2 heteroatoms. The SMILES string of the molecule is NCCC(=O)c1ccccc1-c1ccccc1. The molecule has 2 nitrogen and oxygen atoms in total. The summed E-state index contributed by atoms with van der Waals surface area (Å²) in [6, 6.07) is 17.6. The summed E-state index contributed by atoms with van der Waals surface area (Å²) in [6.45, 7) is 0.391. The predicted molar refractivity (Wildman–Crippen MR) is 69.9 cm³/mol. The van der Waals surface area contributed by atoms with Gasteiger partial charge in [0.2, 0.25) is 0 Å². The van der Waals surface area contributed by atoms with Crippen molar-refractivity contribution in [2.75, 3.05) is 6.54 Å². The second-order valence-corrected chi connectivity index (χ2v) is 3.87. The van der Waals surface area contributed by atoms with E-state index in [1.54, 1.807) is 0 Å². The fraction of sp³-hybridized carbons (Fsp3) is 0.133. The number of carbonyl (C=O) groups excluding carboxylic acids is 1. The summed E-state index contributed by atoms with van der Waals surface area (Å²) in [5, 5.41) is 0. The molecule has 2 rings (SSSR count). The van der Waals surface area contributed by atoms with Gasteiger partial charge in [-0.15, -0.1) is 0 Å². The lowest BCUT2D eigenvalue weighted by Gasteiger charge is -2.08. The lowest BCUT2D eigenvalue weighted by Crippen LogP contribution is -2.09. The topological polar surface area (TPSA) is 43.1 Å². The third kappa shape index (κ3) is 2.60. The van der Waals surface area contributed by atoms with Crippen molar-refractivity contribution in [3.05, 3.63) is 60.2 Å². The van der Waals surface area contributed by atoms with Gasteiger partial charge in [0.05, 0.1) is 0 Å². The van der Waals surface area contributed by atoms with Gasteiger partial charge < -0.3 is 5.73 Å². The van der Waals surface area contributed by atoms with E-state index in [1.807, 2.05) is 54.6 Å². The highest BCUT2D eigenvalue weighted by Crippen LogP contribution is 2.24. The van der Waals surface area contributed by atoms with Crippen LogP contribution in [0.15, 0.2) is 54.6 Å². The molecule has 0 aliphatic carbocycles. The molecule has 0 aromatic heterocycles. The van der Waals surface area contributed by atoms with Crippen LogP contribution < -0.4 is 5.73 Å². The highest BCUT2D eigenvalue weighted by Gasteiger charge is 2.10. The Balaban J connectivity index is 2.45. The standard InChI is InChI=1S/C15H15NO/c16-11-10-15(17)14-9-5-4-8-13(14)12-6-2-1-3-7-12/h1-9H,10-11,16H2. The Morgan fingerprint density at radius 2 is 1.59 bits per heavy atom. The van der Waals surface area contributed by atoms with E-state index in [0.717, 1.165) is 16.7 Å². The number of hydrogen-bond acceptors (Lipinski definition) is 2. The molecule has 2 aromatic rings. The monoisotopic (exact) mass is 225 g/mol. The Morgan fingerprint density at radius 1 is 0.941 bits per heavy atom. The Labute approximate surface area is 101 Å². The number of ketones is 1. The average molecular weight is 225 g/mol. The van der Waals surface area contributed by atoms with Gasteiger partial charge in [0.25, 0.3) is 0 Å². The zero-order valence-corrected chi connectivity index (χ0v) is 9.60. The van der Waals surface area contributed by atoms with Crippen LogP contribution in [-0.4, -0.2) is 12.3 Å². The molecule has 0 radical (unpaired) electrons. The fourth-order valence-corrected chi connectivity index (χ4v) is 1.86. The van der Waals surface area contributed by atoms with Crippen molar-refractivity contribution in [1.82, 2.24) is 0 Å². The van der Waals surface area contributed by atoms with Crippen LogP contribution in [0.4, 0.5) is 0 Å². The van der Waals surface area contributed by atoms with Crippen molar-refractivity contribution in [2.45, 2.75) is 6.42 Å². The van der Waals surface area contributed by atoms with E-state index in [9.17, 15) is 4.79 Å². The van der Waals surface area contributed by atoms with Gasteiger partial charge in [-0.1, -0.05) is 54.6 Å². The number of hydrogen-bond donors (Lipinski definition) is 1. The van der Waals surface area contributed by atoms with Crippen LogP contribution in [0.1, 0.15) is 16.8 Å². The van der Waals surface area contributed by atoms with E-state index in [0.29, 0.717) is 13.0 Å². The molecule has 0 atom stereocenters. The van der Waals surface area contributed by atoms with Gasteiger partial charge in [-0.25, -0.2) is 0 Å². The molecule has 2 aromatic carbocycles. The minimum absolute atomic E-state index is 0.104. The summed E-state index contributed by atoms with van der Waals surface area (Å²) in [5.41, 5.74) is 8.23. The minimum Gasteiger partial charge on any atom is -0.330 e. The van der Waals surface area contributed by atoms with E-state index < -0.39 is 0 Å². The van der Waals surface area contributed by atoms with E-state index in [1.165, 1.54) is 0 Å². The molecule has 0 saturated heterocycles. The van der Waals surface area contributed by atoms with Crippen molar-refractivity contribution >= 4 is 5.78 Å². The molecule has 0 fully saturated rings. The van der Waals surface area contributed by atoms with Gasteiger partial charge >= 0.3 is 0 Å². The Hall–Kier alpha value is -1.93. The highest BCUT2D eigenvalue weighted by atomic mass is 16.1. The van der Waals surface area contributed by atoms with Crippen LogP contribution in [0.2, 0.25) is 0 Å². The summed E-state index contributed by atoms with van der Waals surface area (Å²) >= 11 is 0. The molecule has 0 amide bonds. The summed E-state index contributed by atoms with van der Waals surface area (Å²) in [7, 11) is 0. The lowest BCUT2D eigenvalue weighted by atomic mass is 9.96. The van der Waals surface area contributed by atoms with Gasteiger partial charge in [0.15, 0.2) is 5.78 Å². The Kier molecular flexibility index (Phi) is 3.68. The average Bonchev–Trinajstić information content (AvgIpc) is 2.40. The summed E-state index contributed by atoms with van der Waals surface area (Å²) < 4.78 is 0. The summed E-state index contributed by atoms with van der Waals surface area (Å²) in [5.74, 6) is 0.104. The van der Waals surface area contributed by atoms with E-state index >= 15 is 0 Å². The Morgan fingerprint density at radius 3 is 2.29 bits per heavy atom. The number of carbonyl (C=O) groups is 1. The van der Waals surface area contributed by atoms with E-state index in [2.05, 4.69) is 0 Å². The van der Waals surface area contributed by atoms with Crippen LogP contribution >= 0.6 is 0 Å².